The quantitative estimate of drug-likeness (QED) is 0.164. The minimum Gasteiger partial charge on any atom is -0.477 e. The number of nitrogens with zero attached hydrogens (tertiary/aromatic N) is 1. The van der Waals surface area contributed by atoms with Gasteiger partial charge in [-0.15, -0.1) is 0 Å². The van der Waals surface area contributed by atoms with E-state index in [1.807, 2.05) is 47.6 Å². The van der Waals surface area contributed by atoms with Crippen LogP contribution in [0.15, 0.2) is 51.5 Å². The standard InChI is InChI=1S/C33H48FN3O/c1-11-20(5)21(6)29(22(7)24(9)35)32(36)30-27(13-3)26(12-2)28(23(8)31(30)34)18-37-25(10)38-19-33(14-4)16-15-17-33/h11,18,36H,10,12-17,19,35H2,1-9H3/b20-11-,24-22+,29-21-,36-32?,37-18-. The molecule has 1 aliphatic carbocycles. The number of hydrogen-bond donors (Lipinski definition) is 2. The van der Waals surface area contributed by atoms with Crippen molar-refractivity contribution in [3.8, 4) is 0 Å². The van der Waals surface area contributed by atoms with Gasteiger partial charge in [0, 0.05) is 34.0 Å². The number of nitrogens with two attached hydrogens (primary N) is 1. The minimum atomic E-state index is -0.387. The maximum Gasteiger partial charge on any atom is 0.205 e. The number of aliphatic imine (C=N–C) groups is 1. The van der Waals surface area contributed by atoms with Crippen LogP contribution in [0.4, 0.5) is 4.39 Å². The van der Waals surface area contributed by atoms with Crippen LogP contribution in [0.5, 0.6) is 0 Å². The Morgan fingerprint density at radius 1 is 1.11 bits per heavy atom. The van der Waals surface area contributed by atoms with Crippen LogP contribution in [0.3, 0.4) is 0 Å². The fraction of sp³-hybridized carbons (Fsp3) is 0.515. The molecule has 0 heterocycles. The predicted octanol–water partition coefficient (Wildman–Crippen LogP) is 8.65. The van der Waals surface area contributed by atoms with Gasteiger partial charge < -0.3 is 10.5 Å². The van der Waals surface area contributed by atoms with Gasteiger partial charge in [0.15, 0.2) is 0 Å². The van der Waals surface area contributed by atoms with E-state index in [2.05, 4.69) is 25.4 Å². The molecule has 38 heavy (non-hydrogen) atoms. The fourth-order valence-corrected chi connectivity index (χ4v) is 5.29. The summed E-state index contributed by atoms with van der Waals surface area (Å²) in [5.74, 6) is -0.0364. The molecular weight excluding hydrogens is 473 g/mol. The molecule has 0 aliphatic heterocycles. The van der Waals surface area contributed by atoms with Crippen molar-refractivity contribution in [1.82, 2.24) is 0 Å². The first-order valence-corrected chi connectivity index (χ1v) is 14.0. The lowest BCUT2D eigenvalue weighted by Crippen LogP contribution is -2.33. The predicted molar refractivity (Wildman–Crippen MR) is 161 cm³/mol. The Morgan fingerprint density at radius 2 is 1.71 bits per heavy atom. The molecule has 1 fully saturated rings. The van der Waals surface area contributed by atoms with Crippen molar-refractivity contribution in [2.45, 2.75) is 101 Å². The van der Waals surface area contributed by atoms with Crippen molar-refractivity contribution in [3.63, 3.8) is 0 Å². The number of hydrogen-bond acceptors (Lipinski definition) is 4. The van der Waals surface area contributed by atoms with Gasteiger partial charge in [0.2, 0.25) is 5.88 Å². The maximum atomic E-state index is 16.2. The van der Waals surface area contributed by atoms with Gasteiger partial charge in [-0.2, -0.15) is 0 Å². The van der Waals surface area contributed by atoms with E-state index in [-0.39, 0.29) is 16.9 Å². The molecule has 0 spiro atoms. The molecule has 0 unspecified atom stereocenters. The zero-order valence-electron chi connectivity index (χ0n) is 25.1. The Morgan fingerprint density at radius 3 is 2.16 bits per heavy atom. The SMILES string of the molecule is C=C(/N=C\c1c(C)c(F)c(C(=N)C(=C(C)\C(C)=C/C)/C(C)=C(\C)N)c(CC)c1CC)OCC1(CC)CCC1. The Labute approximate surface area is 230 Å². The number of nitrogens with one attached hydrogen (secondary N) is 1. The lowest BCUT2D eigenvalue weighted by atomic mass is 9.68. The summed E-state index contributed by atoms with van der Waals surface area (Å²) in [6, 6.07) is 0. The van der Waals surface area contributed by atoms with Crippen LogP contribution in [0, 0.1) is 23.6 Å². The van der Waals surface area contributed by atoms with Crippen LogP contribution in [0.2, 0.25) is 0 Å². The Hall–Kier alpha value is -2.95. The van der Waals surface area contributed by atoms with E-state index in [0.717, 1.165) is 39.8 Å². The number of rotatable bonds is 12. The summed E-state index contributed by atoms with van der Waals surface area (Å²) in [7, 11) is 0. The molecule has 2 rings (SSSR count). The third-order valence-electron chi connectivity index (χ3n) is 8.56. The minimum absolute atomic E-state index is 0.166. The summed E-state index contributed by atoms with van der Waals surface area (Å²) in [5, 5.41) is 9.28. The van der Waals surface area contributed by atoms with E-state index >= 15 is 4.39 Å². The van der Waals surface area contributed by atoms with Crippen molar-refractivity contribution in [2.24, 2.45) is 16.1 Å². The maximum absolute atomic E-state index is 16.2. The number of benzene rings is 1. The van der Waals surface area contributed by atoms with E-state index in [4.69, 9.17) is 10.5 Å². The molecule has 0 amide bonds. The second-order valence-electron chi connectivity index (χ2n) is 10.7. The topological polar surface area (TPSA) is 71.5 Å². The highest BCUT2D eigenvalue weighted by atomic mass is 19.1. The summed E-state index contributed by atoms with van der Waals surface area (Å²) in [4.78, 5) is 4.50. The average Bonchev–Trinajstić information content (AvgIpc) is 2.87. The highest BCUT2D eigenvalue weighted by molar-refractivity contribution is 6.15. The number of allylic oxidation sites excluding steroid dienone is 6. The summed E-state index contributed by atoms with van der Waals surface area (Å²) in [5.41, 5.74) is 14.0. The molecule has 208 valence electrons. The molecule has 0 atom stereocenters. The van der Waals surface area contributed by atoms with Gasteiger partial charge in [-0.05, 0) is 108 Å². The summed E-state index contributed by atoms with van der Waals surface area (Å²) in [6.45, 7) is 22.3. The van der Waals surface area contributed by atoms with Crippen LogP contribution < -0.4 is 5.73 Å². The van der Waals surface area contributed by atoms with Crippen LogP contribution in [0.1, 0.15) is 109 Å². The highest BCUT2D eigenvalue weighted by Gasteiger charge is 2.36. The zero-order valence-corrected chi connectivity index (χ0v) is 25.1. The van der Waals surface area contributed by atoms with Crippen molar-refractivity contribution in [2.75, 3.05) is 6.61 Å². The van der Waals surface area contributed by atoms with Crippen molar-refractivity contribution in [3.05, 3.63) is 80.2 Å². The Bertz CT molecular complexity index is 1200. The molecule has 0 aromatic heterocycles. The molecule has 5 heteroatoms. The monoisotopic (exact) mass is 521 g/mol. The molecule has 4 nitrogen and oxygen atoms in total. The largest absolute Gasteiger partial charge is 0.477 e. The number of ether oxygens (including phenoxy) is 1. The first kappa shape index (κ1) is 31.3. The second kappa shape index (κ2) is 13.2. The van der Waals surface area contributed by atoms with Gasteiger partial charge in [0.05, 0.1) is 12.3 Å². The van der Waals surface area contributed by atoms with Gasteiger partial charge in [0.1, 0.15) is 5.82 Å². The molecule has 1 aliphatic rings. The Kier molecular flexibility index (Phi) is 10.9. The Balaban J connectivity index is 2.62. The molecule has 0 radical (unpaired) electrons. The van der Waals surface area contributed by atoms with Gasteiger partial charge in [0.25, 0.3) is 0 Å². The van der Waals surface area contributed by atoms with Crippen molar-refractivity contribution in [1.29, 1.82) is 5.41 Å². The molecule has 3 N–H and O–H groups in total. The van der Waals surface area contributed by atoms with Gasteiger partial charge >= 0.3 is 0 Å². The molecule has 1 aromatic rings. The summed E-state index contributed by atoms with van der Waals surface area (Å²) < 4.78 is 22.2. The van der Waals surface area contributed by atoms with Crippen LogP contribution in [-0.2, 0) is 17.6 Å². The number of halogens is 1. The first-order valence-electron chi connectivity index (χ1n) is 14.0. The van der Waals surface area contributed by atoms with Gasteiger partial charge in [-0.3, -0.25) is 5.41 Å². The van der Waals surface area contributed by atoms with Gasteiger partial charge in [-0.1, -0.05) is 38.8 Å². The molecule has 0 bridgehead atoms. The molecular formula is C33H48FN3O. The molecule has 1 aromatic carbocycles. The third-order valence-corrected chi connectivity index (χ3v) is 8.56. The zero-order chi connectivity index (χ0) is 28.8. The second-order valence-corrected chi connectivity index (χ2v) is 10.7. The summed E-state index contributed by atoms with van der Waals surface area (Å²) in [6.07, 6.45) is 9.67. The lowest BCUT2D eigenvalue weighted by Gasteiger charge is -2.40. The van der Waals surface area contributed by atoms with Crippen LogP contribution in [-0.4, -0.2) is 18.5 Å². The summed E-state index contributed by atoms with van der Waals surface area (Å²) >= 11 is 0. The van der Waals surface area contributed by atoms with Gasteiger partial charge in [-0.25, -0.2) is 9.38 Å². The van der Waals surface area contributed by atoms with E-state index in [0.29, 0.717) is 47.7 Å². The normalized spacial score (nSPS) is 16.6. The molecule has 1 saturated carbocycles. The van der Waals surface area contributed by atoms with E-state index in [1.165, 1.54) is 19.3 Å². The van der Waals surface area contributed by atoms with Crippen molar-refractivity contribution >= 4 is 11.9 Å². The lowest BCUT2D eigenvalue weighted by molar-refractivity contribution is 0.0207. The fourth-order valence-electron chi connectivity index (χ4n) is 5.29. The average molecular weight is 522 g/mol. The van der Waals surface area contributed by atoms with Crippen LogP contribution in [0.25, 0.3) is 0 Å². The van der Waals surface area contributed by atoms with E-state index in [1.54, 1.807) is 13.1 Å². The molecule has 0 saturated heterocycles. The third kappa shape index (κ3) is 6.36. The van der Waals surface area contributed by atoms with E-state index < -0.39 is 0 Å². The van der Waals surface area contributed by atoms with Crippen LogP contribution >= 0.6 is 0 Å². The van der Waals surface area contributed by atoms with E-state index in [9.17, 15) is 5.41 Å². The first-order chi connectivity index (χ1) is 17.9. The highest BCUT2D eigenvalue weighted by Crippen LogP contribution is 2.44. The smallest absolute Gasteiger partial charge is 0.205 e. The van der Waals surface area contributed by atoms with Crippen molar-refractivity contribution < 1.29 is 9.13 Å².